The Kier molecular flexibility index (Phi) is 4.82. The Balaban J connectivity index is 2.21. The maximum absolute atomic E-state index is 13.2. The topological polar surface area (TPSA) is 0 Å². The third-order valence-electron chi connectivity index (χ3n) is 2.60. The highest BCUT2D eigenvalue weighted by atomic mass is 79.9. The summed E-state index contributed by atoms with van der Waals surface area (Å²) in [6.07, 6.45) is 0.753. The van der Waals surface area contributed by atoms with Crippen molar-refractivity contribution in [1.29, 1.82) is 0 Å². The van der Waals surface area contributed by atoms with Crippen LogP contribution in [0.15, 0.2) is 46.9 Å². The Hall–Kier alpha value is -0.380. The van der Waals surface area contributed by atoms with Crippen molar-refractivity contribution in [2.45, 2.75) is 11.2 Å². The number of rotatable bonds is 3. The minimum Gasteiger partial charge on any atom is -0.207 e. The van der Waals surface area contributed by atoms with Crippen molar-refractivity contribution in [2.75, 3.05) is 0 Å². The Morgan fingerprint density at radius 3 is 2.67 bits per heavy atom. The number of halogens is 4. The Bertz CT molecular complexity index is 557. The zero-order chi connectivity index (χ0) is 13.1. The molecule has 0 amide bonds. The minimum absolute atomic E-state index is 0.0426. The predicted octanol–water partition coefficient (Wildman–Crippen LogP) is 5.92. The van der Waals surface area contributed by atoms with Crippen LogP contribution in [-0.2, 0) is 6.42 Å². The average Bonchev–Trinajstić information content (AvgIpc) is 2.32. The van der Waals surface area contributed by atoms with Crippen molar-refractivity contribution in [3.05, 3.63) is 68.9 Å². The Labute approximate surface area is 127 Å². The molecule has 1 unspecified atom stereocenters. The minimum atomic E-state index is -0.233. The molecule has 2 aromatic carbocycles. The lowest BCUT2D eigenvalue weighted by molar-refractivity contribution is 0.624. The van der Waals surface area contributed by atoms with Crippen molar-refractivity contribution < 1.29 is 4.39 Å². The van der Waals surface area contributed by atoms with Gasteiger partial charge in [0, 0.05) is 14.3 Å². The second-order valence-electron chi connectivity index (χ2n) is 3.97. The number of hydrogen-bond donors (Lipinski definition) is 0. The quantitative estimate of drug-likeness (QED) is 0.569. The highest BCUT2D eigenvalue weighted by Gasteiger charge is 2.13. The molecule has 0 aliphatic heterocycles. The lowest BCUT2D eigenvalue weighted by atomic mass is 10.0. The molecular weight excluding hydrogens is 382 g/mol. The fourth-order valence-corrected chi connectivity index (χ4v) is 3.53. The van der Waals surface area contributed by atoms with Gasteiger partial charge in [-0.2, -0.15) is 0 Å². The summed E-state index contributed by atoms with van der Waals surface area (Å²) in [5, 5.41) is 0.713. The smallest absolute Gasteiger partial charge is 0.123 e. The summed E-state index contributed by atoms with van der Waals surface area (Å²) >= 11 is 13.0. The molecular formula is C14H10Br2ClF. The van der Waals surface area contributed by atoms with E-state index in [1.165, 1.54) is 12.1 Å². The first-order chi connectivity index (χ1) is 8.56. The largest absolute Gasteiger partial charge is 0.207 e. The standard InChI is InChI=1S/C14H10Br2ClF/c15-13-5-4-11(18)8-12(13)14(16)7-9-2-1-3-10(17)6-9/h1-6,8,14H,7H2. The molecule has 0 N–H and O–H groups in total. The molecule has 0 aliphatic carbocycles. The van der Waals surface area contributed by atoms with E-state index in [9.17, 15) is 4.39 Å². The van der Waals surface area contributed by atoms with Crippen molar-refractivity contribution in [3.8, 4) is 0 Å². The molecule has 94 valence electrons. The van der Waals surface area contributed by atoms with Crippen LogP contribution in [0.4, 0.5) is 4.39 Å². The van der Waals surface area contributed by atoms with Gasteiger partial charge in [0.2, 0.25) is 0 Å². The van der Waals surface area contributed by atoms with E-state index in [2.05, 4.69) is 31.9 Å². The van der Waals surface area contributed by atoms with Crippen LogP contribution in [-0.4, -0.2) is 0 Å². The molecule has 0 nitrogen and oxygen atoms in total. The van der Waals surface area contributed by atoms with E-state index < -0.39 is 0 Å². The van der Waals surface area contributed by atoms with Gasteiger partial charge in [-0.15, -0.1) is 0 Å². The molecule has 0 aromatic heterocycles. The van der Waals surface area contributed by atoms with E-state index in [-0.39, 0.29) is 10.6 Å². The second kappa shape index (κ2) is 6.18. The summed E-state index contributed by atoms with van der Waals surface area (Å²) in [5.74, 6) is -0.233. The van der Waals surface area contributed by atoms with Gasteiger partial charge in [0.15, 0.2) is 0 Å². The van der Waals surface area contributed by atoms with E-state index in [0.29, 0.717) is 5.02 Å². The summed E-state index contributed by atoms with van der Waals surface area (Å²) in [4.78, 5) is 0.0426. The van der Waals surface area contributed by atoms with E-state index in [1.807, 2.05) is 24.3 Å². The van der Waals surface area contributed by atoms with Gasteiger partial charge in [-0.25, -0.2) is 4.39 Å². The summed E-state index contributed by atoms with van der Waals surface area (Å²) < 4.78 is 14.1. The van der Waals surface area contributed by atoms with Crippen LogP contribution in [0, 0.1) is 5.82 Å². The molecule has 0 spiro atoms. The fraction of sp³-hybridized carbons (Fsp3) is 0.143. The van der Waals surface area contributed by atoms with Crippen LogP contribution in [0.1, 0.15) is 16.0 Å². The summed E-state index contributed by atoms with van der Waals surface area (Å²) in [6.45, 7) is 0. The van der Waals surface area contributed by atoms with E-state index in [4.69, 9.17) is 11.6 Å². The van der Waals surface area contributed by atoms with Gasteiger partial charge in [0.1, 0.15) is 5.82 Å². The molecule has 2 aromatic rings. The average molecular weight is 392 g/mol. The van der Waals surface area contributed by atoms with E-state index in [1.54, 1.807) is 6.07 Å². The van der Waals surface area contributed by atoms with Crippen LogP contribution in [0.25, 0.3) is 0 Å². The maximum Gasteiger partial charge on any atom is 0.123 e. The first kappa shape index (κ1) is 14.0. The number of hydrogen-bond acceptors (Lipinski definition) is 0. The number of alkyl halides is 1. The van der Waals surface area contributed by atoms with E-state index >= 15 is 0 Å². The first-order valence-electron chi connectivity index (χ1n) is 5.40. The number of benzene rings is 2. The predicted molar refractivity (Wildman–Crippen MR) is 80.9 cm³/mol. The molecule has 2 rings (SSSR count). The van der Waals surface area contributed by atoms with Gasteiger partial charge in [-0.1, -0.05) is 55.6 Å². The zero-order valence-electron chi connectivity index (χ0n) is 9.34. The second-order valence-corrected chi connectivity index (χ2v) is 6.36. The van der Waals surface area contributed by atoms with Crippen molar-refractivity contribution >= 4 is 43.5 Å². The highest BCUT2D eigenvalue weighted by Crippen LogP contribution is 2.33. The van der Waals surface area contributed by atoms with Crippen LogP contribution in [0.5, 0.6) is 0 Å². The van der Waals surface area contributed by atoms with Gasteiger partial charge >= 0.3 is 0 Å². The molecule has 18 heavy (non-hydrogen) atoms. The lowest BCUT2D eigenvalue weighted by Crippen LogP contribution is -1.97. The molecule has 0 saturated carbocycles. The van der Waals surface area contributed by atoms with Crippen molar-refractivity contribution in [1.82, 2.24) is 0 Å². The molecule has 0 fully saturated rings. The summed E-state index contributed by atoms with van der Waals surface area (Å²) in [6, 6.07) is 12.4. The monoisotopic (exact) mass is 390 g/mol. The summed E-state index contributed by atoms with van der Waals surface area (Å²) in [7, 11) is 0. The van der Waals surface area contributed by atoms with Gasteiger partial charge in [0.05, 0.1) is 0 Å². The SMILES string of the molecule is Fc1ccc(Br)c(C(Br)Cc2cccc(Cl)c2)c1. The van der Waals surface area contributed by atoms with Crippen molar-refractivity contribution in [2.24, 2.45) is 0 Å². The third-order valence-corrected chi connectivity index (χ3v) is 4.37. The molecule has 1 atom stereocenters. The van der Waals surface area contributed by atoms with Gasteiger partial charge in [0.25, 0.3) is 0 Å². The molecule has 0 heterocycles. The van der Waals surface area contributed by atoms with Gasteiger partial charge < -0.3 is 0 Å². The molecule has 4 heteroatoms. The van der Waals surface area contributed by atoms with Crippen LogP contribution in [0.2, 0.25) is 5.02 Å². The normalized spacial score (nSPS) is 12.4. The molecule has 0 saturated heterocycles. The van der Waals surface area contributed by atoms with Crippen LogP contribution in [0.3, 0.4) is 0 Å². The fourth-order valence-electron chi connectivity index (χ4n) is 1.74. The Morgan fingerprint density at radius 1 is 1.17 bits per heavy atom. The first-order valence-corrected chi connectivity index (χ1v) is 7.48. The van der Waals surface area contributed by atoms with Gasteiger partial charge in [-0.3, -0.25) is 0 Å². The van der Waals surface area contributed by atoms with Crippen LogP contribution < -0.4 is 0 Å². The maximum atomic E-state index is 13.2. The van der Waals surface area contributed by atoms with Crippen LogP contribution >= 0.6 is 43.5 Å². The van der Waals surface area contributed by atoms with E-state index in [0.717, 1.165) is 22.0 Å². The Morgan fingerprint density at radius 2 is 1.94 bits per heavy atom. The molecule has 0 radical (unpaired) electrons. The molecule has 0 bridgehead atoms. The lowest BCUT2D eigenvalue weighted by Gasteiger charge is -2.12. The summed E-state index contributed by atoms with van der Waals surface area (Å²) in [5.41, 5.74) is 2.01. The van der Waals surface area contributed by atoms with Crippen molar-refractivity contribution in [3.63, 3.8) is 0 Å². The highest BCUT2D eigenvalue weighted by molar-refractivity contribution is 9.11. The molecule has 0 aliphatic rings. The third kappa shape index (κ3) is 3.56. The van der Waals surface area contributed by atoms with Gasteiger partial charge in [-0.05, 0) is 47.9 Å². The zero-order valence-corrected chi connectivity index (χ0v) is 13.3.